The van der Waals surface area contributed by atoms with Crippen LogP contribution in [0.25, 0.3) is 11.1 Å². The topological polar surface area (TPSA) is 27.7 Å². The Balaban J connectivity index is 1.47. The standard InChI is InChI=1S/C24H30F3N3O/c1-29-10-12-30(13-11-29)16-21-7-6-20(14-23(21)24(25,26)27)19-4-2-18(3-5-19)17-31-22-8-9-28-15-22/h2-7,14,22,28H,8-13,15-17H2,1H3. The van der Waals surface area contributed by atoms with Crippen molar-refractivity contribution >= 4 is 0 Å². The van der Waals surface area contributed by atoms with Crippen LogP contribution in [0.3, 0.4) is 0 Å². The van der Waals surface area contributed by atoms with Gasteiger partial charge in [0.1, 0.15) is 0 Å². The van der Waals surface area contributed by atoms with Gasteiger partial charge in [-0.3, -0.25) is 4.90 Å². The molecule has 1 unspecified atom stereocenters. The molecule has 2 aromatic carbocycles. The Labute approximate surface area is 182 Å². The predicted octanol–water partition coefficient (Wildman–Crippen LogP) is 4.00. The lowest BCUT2D eigenvalue weighted by atomic mass is 9.97. The lowest BCUT2D eigenvalue weighted by Crippen LogP contribution is -2.44. The summed E-state index contributed by atoms with van der Waals surface area (Å²) in [5, 5.41) is 3.27. The van der Waals surface area contributed by atoms with Crippen LogP contribution < -0.4 is 5.32 Å². The molecule has 0 aromatic heterocycles. The lowest BCUT2D eigenvalue weighted by Gasteiger charge is -2.33. The molecule has 4 nitrogen and oxygen atoms in total. The summed E-state index contributed by atoms with van der Waals surface area (Å²) in [4.78, 5) is 4.29. The Morgan fingerprint density at radius 1 is 1.00 bits per heavy atom. The third-order valence-electron chi connectivity index (χ3n) is 6.19. The van der Waals surface area contributed by atoms with Crippen molar-refractivity contribution in [1.82, 2.24) is 15.1 Å². The summed E-state index contributed by atoms with van der Waals surface area (Å²) in [6.45, 7) is 6.04. The third kappa shape index (κ3) is 5.86. The van der Waals surface area contributed by atoms with Gasteiger partial charge in [0.2, 0.25) is 0 Å². The molecule has 0 saturated carbocycles. The van der Waals surface area contributed by atoms with Crippen molar-refractivity contribution < 1.29 is 17.9 Å². The molecule has 0 radical (unpaired) electrons. The van der Waals surface area contributed by atoms with E-state index in [0.717, 1.165) is 56.8 Å². The highest BCUT2D eigenvalue weighted by molar-refractivity contribution is 5.65. The Hall–Kier alpha value is -1.93. The van der Waals surface area contributed by atoms with Crippen LogP contribution in [0.1, 0.15) is 23.1 Å². The largest absolute Gasteiger partial charge is 0.416 e. The minimum atomic E-state index is -4.37. The van der Waals surface area contributed by atoms with Gasteiger partial charge in [-0.05, 0) is 48.3 Å². The van der Waals surface area contributed by atoms with Crippen molar-refractivity contribution in [3.63, 3.8) is 0 Å². The zero-order valence-corrected chi connectivity index (χ0v) is 17.9. The van der Waals surface area contributed by atoms with E-state index in [0.29, 0.717) is 24.3 Å². The molecule has 0 aliphatic carbocycles. The van der Waals surface area contributed by atoms with Crippen molar-refractivity contribution in [1.29, 1.82) is 0 Å². The average molecular weight is 434 g/mol. The van der Waals surface area contributed by atoms with Crippen LogP contribution in [0.2, 0.25) is 0 Å². The van der Waals surface area contributed by atoms with Crippen molar-refractivity contribution in [2.75, 3.05) is 46.3 Å². The molecule has 0 amide bonds. The van der Waals surface area contributed by atoms with E-state index in [9.17, 15) is 13.2 Å². The number of halogens is 3. The normalized spacial score (nSPS) is 21.0. The zero-order valence-electron chi connectivity index (χ0n) is 17.9. The predicted molar refractivity (Wildman–Crippen MR) is 116 cm³/mol. The molecular weight excluding hydrogens is 403 g/mol. The van der Waals surface area contributed by atoms with Gasteiger partial charge in [0.05, 0.1) is 18.3 Å². The SMILES string of the molecule is CN1CCN(Cc2ccc(-c3ccc(COC4CCNC4)cc3)cc2C(F)(F)F)CC1. The number of nitrogens with one attached hydrogen (secondary N) is 1. The number of ether oxygens (including phenoxy) is 1. The van der Waals surface area contributed by atoms with Crippen molar-refractivity contribution in [2.24, 2.45) is 0 Å². The van der Waals surface area contributed by atoms with E-state index >= 15 is 0 Å². The highest BCUT2D eigenvalue weighted by Crippen LogP contribution is 2.35. The summed E-state index contributed by atoms with van der Waals surface area (Å²) in [6.07, 6.45) is -3.12. The molecule has 0 bridgehead atoms. The molecule has 31 heavy (non-hydrogen) atoms. The zero-order chi connectivity index (χ0) is 21.8. The number of alkyl halides is 3. The highest BCUT2D eigenvalue weighted by Gasteiger charge is 2.34. The van der Waals surface area contributed by atoms with Crippen molar-refractivity contribution in [2.45, 2.75) is 31.9 Å². The number of hydrogen-bond acceptors (Lipinski definition) is 4. The molecule has 4 rings (SSSR count). The van der Waals surface area contributed by atoms with Gasteiger partial charge < -0.3 is 15.0 Å². The van der Waals surface area contributed by atoms with Gasteiger partial charge in [0.15, 0.2) is 0 Å². The van der Waals surface area contributed by atoms with E-state index in [1.807, 2.05) is 31.3 Å². The van der Waals surface area contributed by atoms with Crippen molar-refractivity contribution in [3.8, 4) is 11.1 Å². The number of hydrogen-bond donors (Lipinski definition) is 1. The van der Waals surface area contributed by atoms with Gasteiger partial charge in [-0.1, -0.05) is 36.4 Å². The van der Waals surface area contributed by atoms with Gasteiger partial charge in [0.25, 0.3) is 0 Å². The number of piperazine rings is 1. The second-order valence-corrected chi connectivity index (χ2v) is 8.57. The molecule has 7 heteroatoms. The number of benzene rings is 2. The first-order valence-electron chi connectivity index (χ1n) is 10.9. The molecule has 2 heterocycles. The summed E-state index contributed by atoms with van der Waals surface area (Å²) in [7, 11) is 2.04. The van der Waals surface area contributed by atoms with Crippen LogP contribution in [0.15, 0.2) is 42.5 Å². The summed E-state index contributed by atoms with van der Waals surface area (Å²) >= 11 is 0. The van der Waals surface area contributed by atoms with Crippen LogP contribution in [-0.4, -0.2) is 62.2 Å². The van der Waals surface area contributed by atoms with E-state index in [4.69, 9.17) is 4.74 Å². The van der Waals surface area contributed by atoms with Crippen LogP contribution in [-0.2, 0) is 24.1 Å². The fraction of sp³-hybridized carbons (Fsp3) is 0.500. The average Bonchev–Trinajstić information content (AvgIpc) is 3.28. The molecule has 1 atom stereocenters. The Morgan fingerprint density at radius 3 is 2.35 bits per heavy atom. The summed E-state index contributed by atoms with van der Waals surface area (Å²) in [5.41, 5.74) is 2.20. The first-order chi connectivity index (χ1) is 14.9. The van der Waals surface area contributed by atoms with E-state index in [1.165, 1.54) is 6.07 Å². The van der Waals surface area contributed by atoms with Crippen molar-refractivity contribution in [3.05, 3.63) is 59.2 Å². The van der Waals surface area contributed by atoms with E-state index in [2.05, 4.69) is 15.1 Å². The van der Waals surface area contributed by atoms with E-state index in [1.54, 1.807) is 12.1 Å². The van der Waals surface area contributed by atoms with Gasteiger partial charge >= 0.3 is 6.18 Å². The minimum absolute atomic E-state index is 0.238. The first-order valence-corrected chi connectivity index (χ1v) is 10.9. The molecule has 0 spiro atoms. The van der Waals surface area contributed by atoms with Gasteiger partial charge in [-0.15, -0.1) is 0 Å². The molecule has 2 saturated heterocycles. The summed E-state index contributed by atoms with van der Waals surface area (Å²) in [5.74, 6) is 0. The maximum atomic E-state index is 13.8. The fourth-order valence-electron chi connectivity index (χ4n) is 4.18. The monoisotopic (exact) mass is 433 g/mol. The Bertz CT molecular complexity index is 855. The van der Waals surface area contributed by atoms with Crippen LogP contribution in [0.4, 0.5) is 13.2 Å². The van der Waals surface area contributed by atoms with Crippen LogP contribution in [0.5, 0.6) is 0 Å². The third-order valence-corrected chi connectivity index (χ3v) is 6.19. The molecular formula is C24H30F3N3O. The van der Waals surface area contributed by atoms with Crippen LogP contribution in [0, 0.1) is 0 Å². The molecule has 2 aliphatic rings. The Kier molecular flexibility index (Phi) is 6.96. The van der Waals surface area contributed by atoms with Crippen LogP contribution >= 0.6 is 0 Å². The van der Waals surface area contributed by atoms with E-state index in [-0.39, 0.29) is 6.10 Å². The highest BCUT2D eigenvalue weighted by atomic mass is 19.4. The van der Waals surface area contributed by atoms with Gasteiger partial charge in [-0.2, -0.15) is 13.2 Å². The minimum Gasteiger partial charge on any atom is -0.372 e. The lowest BCUT2D eigenvalue weighted by molar-refractivity contribution is -0.138. The summed E-state index contributed by atoms with van der Waals surface area (Å²) in [6, 6.07) is 12.4. The Morgan fingerprint density at radius 2 is 1.71 bits per heavy atom. The fourth-order valence-corrected chi connectivity index (χ4v) is 4.18. The second kappa shape index (κ2) is 9.69. The first kappa shape index (κ1) is 22.3. The summed E-state index contributed by atoms with van der Waals surface area (Å²) < 4.78 is 47.3. The van der Waals surface area contributed by atoms with E-state index < -0.39 is 11.7 Å². The second-order valence-electron chi connectivity index (χ2n) is 8.57. The molecule has 1 N–H and O–H groups in total. The maximum Gasteiger partial charge on any atom is 0.416 e. The van der Waals surface area contributed by atoms with Gasteiger partial charge in [-0.25, -0.2) is 0 Å². The number of rotatable bonds is 6. The molecule has 2 aromatic rings. The quantitative estimate of drug-likeness (QED) is 0.746. The molecule has 168 valence electrons. The molecule has 2 aliphatic heterocycles. The molecule has 2 fully saturated rings. The number of likely N-dealkylation sites (N-methyl/N-ethyl adjacent to an activating group) is 1. The number of nitrogens with zero attached hydrogens (tertiary/aromatic N) is 2. The maximum absolute atomic E-state index is 13.8. The smallest absolute Gasteiger partial charge is 0.372 e. The van der Waals surface area contributed by atoms with Gasteiger partial charge in [0, 0.05) is 39.3 Å².